The van der Waals surface area contributed by atoms with Gasteiger partial charge in [-0.3, -0.25) is 9.59 Å². The van der Waals surface area contributed by atoms with Crippen molar-refractivity contribution in [2.75, 3.05) is 0 Å². The van der Waals surface area contributed by atoms with Crippen LogP contribution in [0.4, 0.5) is 0 Å². The summed E-state index contributed by atoms with van der Waals surface area (Å²) in [5, 5.41) is 29.9. The molecule has 0 aliphatic heterocycles. The summed E-state index contributed by atoms with van der Waals surface area (Å²) >= 11 is 1.18. The van der Waals surface area contributed by atoms with Crippen molar-refractivity contribution in [2.24, 2.45) is 0 Å². The fourth-order valence-electron chi connectivity index (χ4n) is 3.08. The number of sulfonamides is 1. The highest BCUT2D eigenvalue weighted by molar-refractivity contribution is 7.89. The van der Waals surface area contributed by atoms with E-state index in [0.717, 1.165) is 18.2 Å². The lowest BCUT2D eigenvalue weighted by Gasteiger charge is -2.17. The first kappa shape index (κ1) is 27.0. The first-order valence-electron chi connectivity index (χ1n) is 10.1. The van der Waals surface area contributed by atoms with Crippen LogP contribution in [0, 0.1) is 0 Å². The van der Waals surface area contributed by atoms with Gasteiger partial charge < -0.3 is 25.4 Å². The number of carboxylic acid groups (broad SMARTS) is 2. The summed E-state index contributed by atoms with van der Waals surface area (Å²) in [5.41, 5.74) is -0.550. The molecule has 5 N–H and O–H groups in total. The molecule has 184 valence electrons. The number of hydrogen-bond donors (Lipinski definition) is 5. The number of phenols is 1. The Morgan fingerprint density at radius 1 is 1.15 bits per heavy atom. The Balaban J connectivity index is 2.14. The Kier molecular flexibility index (Phi) is 9.29. The van der Waals surface area contributed by atoms with E-state index in [9.17, 15) is 32.7 Å². The topological polar surface area (TPSA) is 187 Å². The standard InChI is InChI=1S/C21H24N2O9S2/c1-2-3-15(20(28)23-12(11-24)8-19(26)27)18-7-4-13(33-18)10-22-34(31,32)14-5-6-17(25)16(9-14)21(29)30/h4-7,9,11-12,15,22,25H,2-3,8,10H2,1H3,(H,23,28)(H,26,27)(H,29,30)/t12-,15?/m0/s1. The number of aliphatic carboxylic acids is 1. The smallest absolute Gasteiger partial charge is 0.339 e. The van der Waals surface area contributed by atoms with Crippen molar-refractivity contribution in [2.45, 2.75) is 49.6 Å². The van der Waals surface area contributed by atoms with Crippen molar-refractivity contribution in [3.05, 3.63) is 45.6 Å². The van der Waals surface area contributed by atoms with Gasteiger partial charge in [0.2, 0.25) is 15.9 Å². The third kappa shape index (κ3) is 7.10. The lowest BCUT2D eigenvalue weighted by Crippen LogP contribution is -2.40. The molecule has 13 heteroatoms. The van der Waals surface area contributed by atoms with Gasteiger partial charge in [-0.15, -0.1) is 11.3 Å². The van der Waals surface area contributed by atoms with Gasteiger partial charge in [-0.25, -0.2) is 17.9 Å². The molecular formula is C21H24N2O9S2. The van der Waals surface area contributed by atoms with E-state index < -0.39 is 57.6 Å². The SMILES string of the molecule is CCCC(C(=O)N[C@H](C=O)CC(=O)O)c1ccc(CNS(=O)(=O)c2ccc(O)c(C(=O)O)c2)s1. The number of aromatic hydroxyl groups is 1. The number of thiophene rings is 1. The molecule has 0 fully saturated rings. The molecule has 34 heavy (non-hydrogen) atoms. The molecule has 11 nitrogen and oxygen atoms in total. The van der Waals surface area contributed by atoms with Gasteiger partial charge >= 0.3 is 11.9 Å². The molecular weight excluding hydrogens is 488 g/mol. The molecule has 0 saturated carbocycles. The maximum Gasteiger partial charge on any atom is 0.339 e. The first-order chi connectivity index (χ1) is 16.0. The van der Waals surface area contributed by atoms with Crippen molar-refractivity contribution >= 4 is 45.5 Å². The summed E-state index contributed by atoms with van der Waals surface area (Å²) in [7, 11) is -4.09. The number of carbonyl (C=O) groups excluding carboxylic acids is 2. The van der Waals surface area contributed by atoms with Gasteiger partial charge in [0, 0.05) is 16.3 Å². The molecule has 1 unspecified atom stereocenters. The van der Waals surface area contributed by atoms with E-state index in [4.69, 9.17) is 10.2 Å². The number of benzene rings is 1. The Labute approximate surface area is 199 Å². The second-order valence-corrected chi connectivity index (χ2v) is 10.3. The normalized spacial score (nSPS) is 13.1. The minimum absolute atomic E-state index is 0.132. The van der Waals surface area contributed by atoms with E-state index in [0.29, 0.717) is 28.9 Å². The van der Waals surface area contributed by atoms with Gasteiger partial charge in [-0.1, -0.05) is 13.3 Å². The van der Waals surface area contributed by atoms with E-state index in [-0.39, 0.29) is 11.4 Å². The lowest BCUT2D eigenvalue weighted by molar-refractivity contribution is -0.138. The van der Waals surface area contributed by atoms with E-state index in [1.54, 1.807) is 12.1 Å². The van der Waals surface area contributed by atoms with E-state index >= 15 is 0 Å². The number of carboxylic acids is 2. The van der Waals surface area contributed by atoms with Gasteiger partial charge in [0.1, 0.15) is 17.6 Å². The van der Waals surface area contributed by atoms with Crippen LogP contribution in [0.15, 0.2) is 35.2 Å². The van der Waals surface area contributed by atoms with Crippen LogP contribution in [0.1, 0.15) is 52.2 Å². The summed E-state index contributed by atoms with van der Waals surface area (Å²) in [5.74, 6) is -4.40. The average Bonchev–Trinajstić information content (AvgIpc) is 3.23. The summed E-state index contributed by atoms with van der Waals surface area (Å²) in [6.45, 7) is 1.73. The molecule has 0 saturated heterocycles. The maximum atomic E-state index is 12.7. The number of aldehydes is 1. The predicted molar refractivity (Wildman–Crippen MR) is 121 cm³/mol. The van der Waals surface area contributed by atoms with Crippen LogP contribution >= 0.6 is 11.3 Å². The molecule has 2 aromatic rings. The molecule has 1 heterocycles. The van der Waals surface area contributed by atoms with E-state index in [1.165, 1.54) is 11.3 Å². The lowest BCUT2D eigenvalue weighted by atomic mass is 10.00. The second kappa shape index (κ2) is 11.7. The van der Waals surface area contributed by atoms with Crippen LogP contribution in [0.3, 0.4) is 0 Å². The van der Waals surface area contributed by atoms with Crippen molar-refractivity contribution < 1.29 is 42.9 Å². The molecule has 0 aliphatic carbocycles. The summed E-state index contributed by atoms with van der Waals surface area (Å²) in [4.78, 5) is 46.6. The van der Waals surface area contributed by atoms with Crippen LogP contribution in [0.5, 0.6) is 5.75 Å². The largest absolute Gasteiger partial charge is 0.507 e. The minimum atomic E-state index is -4.09. The minimum Gasteiger partial charge on any atom is -0.507 e. The molecule has 0 bridgehead atoms. The molecule has 2 rings (SSSR count). The zero-order chi connectivity index (χ0) is 25.5. The number of rotatable bonds is 13. The Morgan fingerprint density at radius 3 is 2.44 bits per heavy atom. The van der Waals surface area contributed by atoms with Crippen molar-refractivity contribution in [3.63, 3.8) is 0 Å². The van der Waals surface area contributed by atoms with E-state index in [1.807, 2.05) is 6.92 Å². The predicted octanol–water partition coefficient (Wildman–Crippen LogP) is 1.67. The third-order valence-corrected chi connectivity index (χ3v) is 7.35. The molecule has 0 radical (unpaired) electrons. The fourth-order valence-corrected chi connectivity index (χ4v) is 5.29. The number of amides is 1. The average molecular weight is 513 g/mol. The summed E-state index contributed by atoms with van der Waals surface area (Å²) < 4.78 is 27.5. The third-order valence-electron chi connectivity index (χ3n) is 4.75. The number of carbonyl (C=O) groups is 4. The van der Waals surface area contributed by atoms with Gasteiger partial charge in [0.15, 0.2) is 0 Å². The molecule has 0 spiro atoms. The quantitative estimate of drug-likeness (QED) is 0.249. The van der Waals surface area contributed by atoms with Gasteiger partial charge in [0.25, 0.3) is 0 Å². The highest BCUT2D eigenvalue weighted by Crippen LogP contribution is 2.29. The van der Waals surface area contributed by atoms with Crippen LogP contribution in [-0.2, 0) is 31.0 Å². The Bertz CT molecular complexity index is 1170. The molecule has 1 amide bonds. The molecule has 2 atom stereocenters. The monoisotopic (exact) mass is 512 g/mol. The molecule has 1 aromatic heterocycles. The number of nitrogens with one attached hydrogen (secondary N) is 2. The van der Waals surface area contributed by atoms with Crippen LogP contribution in [-0.4, -0.2) is 53.9 Å². The van der Waals surface area contributed by atoms with Crippen molar-refractivity contribution in [1.82, 2.24) is 10.0 Å². The first-order valence-corrected chi connectivity index (χ1v) is 12.4. The van der Waals surface area contributed by atoms with Gasteiger partial charge in [0.05, 0.1) is 23.3 Å². The zero-order valence-electron chi connectivity index (χ0n) is 18.1. The molecule has 0 aliphatic rings. The summed E-state index contributed by atoms with van der Waals surface area (Å²) in [6.07, 6.45) is 0.895. The van der Waals surface area contributed by atoms with Crippen LogP contribution in [0.25, 0.3) is 0 Å². The number of hydrogen-bond acceptors (Lipinski definition) is 8. The highest BCUT2D eigenvalue weighted by Gasteiger charge is 2.25. The van der Waals surface area contributed by atoms with Crippen LogP contribution in [0.2, 0.25) is 0 Å². The Morgan fingerprint density at radius 2 is 1.85 bits per heavy atom. The highest BCUT2D eigenvalue weighted by atomic mass is 32.2. The van der Waals surface area contributed by atoms with Gasteiger partial charge in [-0.2, -0.15) is 0 Å². The van der Waals surface area contributed by atoms with Gasteiger partial charge in [-0.05, 0) is 36.8 Å². The fraction of sp³-hybridized carbons (Fsp3) is 0.333. The molecule has 1 aromatic carbocycles. The summed E-state index contributed by atoms with van der Waals surface area (Å²) in [6, 6.07) is 5.04. The maximum absolute atomic E-state index is 12.7. The second-order valence-electron chi connectivity index (χ2n) is 7.30. The number of aromatic carboxylic acids is 1. The zero-order valence-corrected chi connectivity index (χ0v) is 19.7. The van der Waals surface area contributed by atoms with Crippen molar-refractivity contribution in [3.8, 4) is 5.75 Å². The van der Waals surface area contributed by atoms with Crippen LogP contribution < -0.4 is 10.0 Å². The Hall–Kier alpha value is -3.29. The van der Waals surface area contributed by atoms with E-state index in [2.05, 4.69) is 10.0 Å². The van der Waals surface area contributed by atoms with Crippen molar-refractivity contribution in [1.29, 1.82) is 0 Å².